The largest absolute Gasteiger partial charge is 0.357 e. The van der Waals surface area contributed by atoms with Gasteiger partial charge in [0.1, 0.15) is 5.82 Å². The molecule has 2 N–H and O–H groups in total. The molecule has 10 heteroatoms. The second kappa shape index (κ2) is 10.3. The molecule has 0 radical (unpaired) electrons. The van der Waals surface area contributed by atoms with E-state index in [4.69, 9.17) is 0 Å². The maximum absolute atomic E-state index is 11.6. The van der Waals surface area contributed by atoms with E-state index in [2.05, 4.69) is 44.2 Å². The van der Waals surface area contributed by atoms with E-state index in [9.17, 15) is 8.42 Å². The van der Waals surface area contributed by atoms with Gasteiger partial charge in [0.2, 0.25) is 0 Å². The highest BCUT2D eigenvalue weighted by Crippen LogP contribution is 2.17. The van der Waals surface area contributed by atoms with Gasteiger partial charge in [-0.3, -0.25) is 4.99 Å². The minimum Gasteiger partial charge on any atom is -0.357 e. The molecule has 1 saturated heterocycles. The minimum atomic E-state index is -2.90. The zero-order chi connectivity index (χ0) is 19.9. The molecule has 1 aromatic heterocycles. The maximum atomic E-state index is 11.6. The molecular weight excluding hydrogens is 384 g/mol. The number of nitrogens with one attached hydrogen (secondary N) is 2. The van der Waals surface area contributed by atoms with E-state index in [1.165, 1.54) is 0 Å². The van der Waals surface area contributed by atoms with Crippen LogP contribution >= 0.6 is 11.8 Å². The van der Waals surface area contributed by atoms with Gasteiger partial charge in [-0.2, -0.15) is 0 Å². The average molecular weight is 417 g/mol. The van der Waals surface area contributed by atoms with Gasteiger partial charge in [0.05, 0.1) is 11.5 Å². The fourth-order valence-corrected chi connectivity index (χ4v) is 5.25. The van der Waals surface area contributed by atoms with Gasteiger partial charge in [-0.25, -0.2) is 8.42 Å². The highest BCUT2D eigenvalue weighted by Gasteiger charge is 2.28. The second-order valence-corrected chi connectivity index (χ2v) is 10.2. The van der Waals surface area contributed by atoms with Crippen LogP contribution in [0.25, 0.3) is 0 Å². The van der Waals surface area contributed by atoms with Crippen LogP contribution in [0.2, 0.25) is 0 Å². The topological polar surface area (TPSA) is 101 Å². The summed E-state index contributed by atoms with van der Waals surface area (Å²) in [5, 5.41) is 16.0. The number of sulfone groups is 1. The van der Waals surface area contributed by atoms with Crippen LogP contribution in [0.15, 0.2) is 10.1 Å². The van der Waals surface area contributed by atoms with Crippen LogP contribution in [0.5, 0.6) is 0 Å². The van der Waals surface area contributed by atoms with Crippen LogP contribution in [0, 0.1) is 5.92 Å². The monoisotopic (exact) mass is 416 g/mol. The molecule has 27 heavy (non-hydrogen) atoms. The van der Waals surface area contributed by atoms with Crippen LogP contribution in [-0.4, -0.2) is 66.0 Å². The van der Waals surface area contributed by atoms with Crippen molar-refractivity contribution in [3.8, 4) is 0 Å². The standard InChI is InChI=1S/C17H32N6O2S2/c1-5-18-16(20-14-8-10-27(24,25)12-14)19-9-6-7-15-21-22-17(26-4)23(15)11-13(2)3/h13-14H,5-12H2,1-4H3,(H2,18,19,20). The highest BCUT2D eigenvalue weighted by atomic mass is 32.2. The predicted octanol–water partition coefficient (Wildman–Crippen LogP) is 1.33. The van der Waals surface area contributed by atoms with Gasteiger partial charge < -0.3 is 15.2 Å². The summed E-state index contributed by atoms with van der Waals surface area (Å²) in [6, 6.07) is -0.0499. The summed E-state index contributed by atoms with van der Waals surface area (Å²) < 4.78 is 25.4. The van der Waals surface area contributed by atoms with Crippen molar-refractivity contribution in [1.82, 2.24) is 25.4 Å². The summed E-state index contributed by atoms with van der Waals surface area (Å²) in [7, 11) is -2.90. The molecule has 0 aliphatic carbocycles. The molecular formula is C17H32N6O2S2. The molecule has 0 spiro atoms. The van der Waals surface area contributed by atoms with Crippen LogP contribution in [0.4, 0.5) is 0 Å². The normalized spacial score (nSPS) is 19.6. The molecule has 0 saturated carbocycles. The zero-order valence-electron chi connectivity index (χ0n) is 16.7. The summed E-state index contributed by atoms with van der Waals surface area (Å²) in [4.78, 5) is 4.59. The SMILES string of the molecule is CCNC(=NCCCc1nnc(SC)n1CC(C)C)NC1CCS(=O)(=O)C1. The van der Waals surface area contributed by atoms with Crippen molar-refractivity contribution in [2.24, 2.45) is 10.9 Å². The van der Waals surface area contributed by atoms with Crippen molar-refractivity contribution < 1.29 is 8.42 Å². The number of aromatic nitrogens is 3. The Bertz CT molecular complexity index is 730. The number of hydrogen-bond donors (Lipinski definition) is 2. The first-order valence-corrected chi connectivity index (χ1v) is 12.6. The van der Waals surface area contributed by atoms with Gasteiger partial charge in [-0.05, 0) is 31.9 Å². The maximum Gasteiger partial charge on any atom is 0.191 e. The number of guanidine groups is 1. The minimum absolute atomic E-state index is 0.0499. The fourth-order valence-electron chi connectivity index (χ4n) is 3.05. The molecule has 154 valence electrons. The van der Waals surface area contributed by atoms with E-state index < -0.39 is 9.84 Å². The van der Waals surface area contributed by atoms with Gasteiger partial charge in [0.25, 0.3) is 0 Å². The number of rotatable bonds is 9. The van der Waals surface area contributed by atoms with Gasteiger partial charge in [-0.15, -0.1) is 10.2 Å². The Balaban J connectivity index is 1.89. The first-order chi connectivity index (χ1) is 12.8. The molecule has 0 aromatic carbocycles. The molecule has 1 aliphatic rings. The summed E-state index contributed by atoms with van der Waals surface area (Å²) >= 11 is 1.62. The average Bonchev–Trinajstić information content (AvgIpc) is 3.13. The van der Waals surface area contributed by atoms with Crippen molar-refractivity contribution >= 4 is 27.6 Å². The lowest BCUT2D eigenvalue weighted by atomic mass is 10.2. The third-order valence-electron chi connectivity index (χ3n) is 4.27. The molecule has 1 atom stereocenters. The number of aryl methyl sites for hydroxylation is 1. The van der Waals surface area contributed by atoms with Crippen molar-refractivity contribution in [3.63, 3.8) is 0 Å². The molecule has 1 fully saturated rings. The predicted molar refractivity (Wildman–Crippen MR) is 111 cm³/mol. The second-order valence-electron chi connectivity index (χ2n) is 7.22. The molecule has 2 rings (SSSR count). The molecule has 0 amide bonds. The molecule has 1 aliphatic heterocycles. The fraction of sp³-hybridized carbons (Fsp3) is 0.824. The molecule has 1 aromatic rings. The smallest absolute Gasteiger partial charge is 0.191 e. The van der Waals surface area contributed by atoms with Crippen LogP contribution in [0.1, 0.15) is 39.4 Å². The zero-order valence-corrected chi connectivity index (χ0v) is 18.4. The van der Waals surface area contributed by atoms with Gasteiger partial charge in [-0.1, -0.05) is 25.6 Å². The summed E-state index contributed by atoms with van der Waals surface area (Å²) in [6.45, 7) is 8.69. The van der Waals surface area contributed by atoms with E-state index >= 15 is 0 Å². The van der Waals surface area contributed by atoms with Crippen molar-refractivity contribution in [1.29, 1.82) is 0 Å². The number of hydrogen-bond acceptors (Lipinski definition) is 6. The molecule has 0 bridgehead atoms. The summed E-state index contributed by atoms with van der Waals surface area (Å²) in [5.41, 5.74) is 0. The number of thioether (sulfide) groups is 1. The van der Waals surface area contributed by atoms with Crippen LogP contribution < -0.4 is 10.6 Å². The Hall–Kier alpha value is -1.29. The van der Waals surface area contributed by atoms with Crippen LogP contribution in [0.3, 0.4) is 0 Å². The van der Waals surface area contributed by atoms with E-state index in [1.54, 1.807) is 11.8 Å². The van der Waals surface area contributed by atoms with Crippen molar-refractivity contribution in [2.75, 3.05) is 30.9 Å². The third-order valence-corrected chi connectivity index (χ3v) is 6.70. The van der Waals surface area contributed by atoms with Gasteiger partial charge in [0.15, 0.2) is 21.0 Å². The first-order valence-electron chi connectivity index (χ1n) is 9.56. The molecule has 8 nitrogen and oxygen atoms in total. The lowest BCUT2D eigenvalue weighted by molar-refractivity contribution is 0.477. The third kappa shape index (κ3) is 6.99. The lowest BCUT2D eigenvalue weighted by Gasteiger charge is -2.15. The lowest BCUT2D eigenvalue weighted by Crippen LogP contribution is -2.44. The Morgan fingerprint density at radius 2 is 2.19 bits per heavy atom. The summed E-state index contributed by atoms with van der Waals surface area (Å²) in [6.07, 6.45) is 4.35. The Labute approximate surface area is 166 Å². The number of nitrogens with zero attached hydrogens (tertiary/aromatic N) is 4. The van der Waals surface area contributed by atoms with Crippen molar-refractivity contribution in [2.45, 2.75) is 57.8 Å². The van der Waals surface area contributed by atoms with E-state index in [0.29, 0.717) is 24.8 Å². The van der Waals surface area contributed by atoms with Gasteiger partial charge in [0, 0.05) is 32.1 Å². The molecule has 2 heterocycles. The Morgan fingerprint density at radius 1 is 1.41 bits per heavy atom. The Morgan fingerprint density at radius 3 is 2.78 bits per heavy atom. The van der Waals surface area contributed by atoms with E-state index in [-0.39, 0.29) is 17.5 Å². The quantitative estimate of drug-likeness (QED) is 0.271. The first kappa shape index (κ1) is 22.0. The molecule has 1 unspecified atom stereocenters. The van der Waals surface area contributed by atoms with Gasteiger partial charge >= 0.3 is 0 Å². The summed E-state index contributed by atoms with van der Waals surface area (Å²) in [5.74, 6) is 2.67. The number of aliphatic imine (C=N–C) groups is 1. The van der Waals surface area contributed by atoms with E-state index in [1.807, 2.05) is 13.2 Å². The highest BCUT2D eigenvalue weighted by molar-refractivity contribution is 7.98. The van der Waals surface area contributed by atoms with Crippen molar-refractivity contribution in [3.05, 3.63) is 5.82 Å². The Kier molecular flexibility index (Phi) is 8.40. The van der Waals surface area contributed by atoms with Crippen LogP contribution in [-0.2, 0) is 22.8 Å². The van der Waals surface area contributed by atoms with E-state index in [0.717, 1.165) is 36.9 Å².